The summed E-state index contributed by atoms with van der Waals surface area (Å²) in [5.41, 5.74) is 1.53. The van der Waals surface area contributed by atoms with E-state index in [9.17, 15) is 30.8 Å². The van der Waals surface area contributed by atoms with Crippen molar-refractivity contribution in [3.8, 4) is 33.8 Å². The average Bonchev–Trinajstić information content (AvgIpc) is 3.10. The van der Waals surface area contributed by atoms with E-state index in [-0.39, 0.29) is 26.7 Å². The largest absolute Gasteiger partial charge is 0.479 e. The minimum atomic E-state index is -3.59. The second-order valence-electron chi connectivity index (χ2n) is 11.4. The van der Waals surface area contributed by atoms with Crippen LogP contribution in [0.1, 0.15) is 13.8 Å². The number of aliphatic carboxylic acids is 2. The second-order valence-corrected chi connectivity index (χ2v) is 16.3. The fourth-order valence-corrected chi connectivity index (χ4v) is 7.20. The lowest BCUT2D eigenvalue weighted by atomic mass is 10.0. The summed E-state index contributed by atoms with van der Waals surface area (Å²) < 4.78 is 80.3. The highest BCUT2D eigenvalue weighted by Gasteiger charge is 2.26. The lowest BCUT2D eigenvalue weighted by Gasteiger charge is -2.26. The molecule has 0 unspecified atom stereocenters. The Morgan fingerprint density at radius 1 is 0.731 bits per heavy atom. The minimum absolute atomic E-state index is 0.0532. The van der Waals surface area contributed by atoms with E-state index in [4.69, 9.17) is 47.6 Å². The summed E-state index contributed by atoms with van der Waals surface area (Å²) in [7, 11) is -7.14. The number of carbonyl (C=O) groups is 2. The lowest BCUT2D eigenvalue weighted by molar-refractivity contribution is -0.145. The van der Waals surface area contributed by atoms with E-state index < -0.39 is 49.8 Å². The molecule has 4 aromatic carbocycles. The molecule has 1 aliphatic heterocycles. The molecule has 5 rings (SSSR count). The van der Waals surface area contributed by atoms with Gasteiger partial charge in [-0.25, -0.2) is 30.8 Å². The third-order valence-electron chi connectivity index (χ3n) is 7.62. The zero-order valence-corrected chi connectivity index (χ0v) is 31.1. The van der Waals surface area contributed by atoms with Gasteiger partial charge in [-0.05, 0) is 80.1 Å². The summed E-state index contributed by atoms with van der Waals surface area (Å²) >= 11 is 12.0. The van der Waals surface area contributed by atoms with E-state index in [0.717, 1.165) is 12.3 Å². The predicted molar refractivity (Wildman–Crippen MR) is 192 cm³/mol. The van der Waals surface area contributed by atoms with Gasteiger partial charge in [-0.3, -0.25) is 0 Å². The maximum Gasteiger partial charge on any atom is 0.344 e. The van der Waals surface area contributed by atoms with E-state index in [1.165, 1.54) is 60.6 Å². The van der Waals surface area contributed by atoms with Gasteiger partial charge in [-0.2, -0.15) is 4.31 Å². The monoisotopic (exact) mass is 797 g/mol. The maximum absolute atomic E-state index is 14.4. The van der Waals surface area contributed by atoms with Crippen LogP contribution in [0, 0.1) is 5.82 Å². The first-order valence-electron chi connectivity index (χ1n) is 15.4. The van der Waals surface area contributed by atoms with E-state index in [1.54, 1.807) is 30.3 Å². The molecule has 0 saturated carbocycles. The van der Waals surface area contributed by atoms with Crippen molar-refractivity contribution in [1.29, 1.82) is 0 Å². The summed E-state index contributed by atoms with van der Waals surface area (Å²) in [5.74, 6) is -2.58. The molecule has 278 valence electrons. The third-order valence-corrected chi connectivity index (χ3v) is 11.1. The minimum Gasteiger partial charge on any atom is -0.479 e. The number of sulfone groups is 1. The lowest BCUT2D eigenvalue weighted by Crippen LogP contribution is -2.40. The topological polar surface area (TPSA) is 174 Å². The Morgan fingerprint density at radius 3 is 1.69 bits per heavy atom. The van der Waals surface area contributed by atoms with Crippen molar-refractivity contribution in [3.63, 3.8) is 0 Å². The molecular weight excluding hydrogens is 764 g/mol. The average molecular weight is 799 g/mol. The zero-order valence-electron chi connectivity index (χ0n) is 28.0. The van der Waals surface area contributed by atoms with Crippen molar-refractivity contribution in [1.82, 2.24) is 4.31 Å². The fourth-order valence-electron chi connectivity index (χ4n) is 4.82. The Balaban J connectivity index is 0.000000236. The van der Waals surface area contributed by atoms with E-state index >= 15 is 0 Å². The first-order valence-corrected chi connectivity index (χ1v) is 19.5. The molecule has 1 heterocycles. The number of halogens is 3. The first kappa shape index (κ1) is 40.5. The van der Waals surface area contributed by atoms with Gasteiger partial charge in [0.1, 0.15) is 17.3 Å². The van der Waals surface area contributed by atoms with E-state index in [0.29, 0.717) is 53.2 Å². The Hall–Kier alpha value is -4.25. The molecule has 1 fully saturated rings. The highest BCUT2D eigenvalue weighted by Crippen LogP contribution is 2.36. The number of benzene rings is 4. The van der Waals surface area contributed by atoms with Crippen molar-refractivity contribution in [3.05, 3.63) is 94.7 Å². The van der Waals surface area contributed by atoms with Crippen molar-refractivity contribution < 1.29 is 55.2 Å². The van der Waals surface area contributed by atoms with Crippen LogP contribution in [0.2, 0.25) is 10.0 Å². The number of nitrogens with zero attached hydrogens (tertiary/aromatic N) is 1. The quantitative estimate of drug-likeness (QED) is 0.175. The Bertz CT molecular complexity index is 2160. The molecule has 0 bridgehead atoms. The molecule has 1 saturated heterocycles. The van der Waals surface area contributed by atoms with Gasteiger partial charge < -0.3 is 24.4 Å². The van der Waals surface area contributed by atoms with Crippen LogP contribution in [0.4, 0.5) is 4.39 Å². The number of carboxylic acids is 2. The summed E-state index contributed by atoms with van der Waals surface area (Å²) in [6.45, 7) is 4.17. The van der Waals surface area contributed by atoms with Gasteiger partial charge in [0, 0.05) is 46.1 Å². The number of sulfonamides is 1. The van der Waals surface area contributed by atoms with E-state index in [1.807, 2.05) is 0 Å². The molecule has 2 atom stereocenters. The van der Waals surface area contributed by atoms with Gasteiger partial charge in [-0.15, -0.1) is 0 Å². The van der Waals surface area contributed by atoms with Gasteiger partial charge in [-0.1, -0.05) is 41.4 Å². The predicted octanol–water partition coefficient (Wildman–Crippen LogP) is 6.28. The third kappa shape index (κ3) is 10.2. The molecule has 52 heavy (non-hydrogen) atoms. The number of ether oxygens (including phenoxy) is 3. The standard InChI is InChI=1S/C19H20ClNO6S.C16H14ClFO5S/c1-13(19(22)23)27-18-7-4-15(20)12-17(18)14-2-5-16(6-3-14)28(24,25)21-8-10-26-11-9-21;1-9(16(19)20)23-15-6-3-10(17)7-13(15)12-5-4-11(8-14(12)18)24(2,21)22/h2-7,12-13H,8-11H2,1H3,(H,22,23);3-9H,1-2H3,(H,19,20)/t13-;9-/m00/s1. The van der Waals surface area contributed by atoms with Crippen molar-refractivity contribution in [2.45, 2.75) is 35.8 Å². The van der Waals surface area contributed by atoms with Crippen LogP contribution in [0.3, 0.4) is 0 Å². The Kier molecular flexibility index (Phi) is 13.3. The molecule has 0 spiro atoms. The van der Waals surface area contributed by atoms with Gasteiger partial charge in [0.25, 0.3) is 0 Å². The zero-order chi connectivity index (χ0) is 38.4. The fraction of sp³-hybridized carbons (Fsp3) is 0.257. The summed E-state index contributed by atoms with van der Waals surface area (Å²) in [5, 5.41) is 18.8. The number of hydrogen-bond acceptors (Lipinski definition) is 9. The maximum atomic E-state index is 14.4. The second kappa shape index (κ2) is 17.1. The van der Waals surface area contributed by atoms with Crippen LogP contribution in [-0.2, 0) is 34.2 Å². The number of hydrogen-bond donors (Lipinski definition) is 2. The molecule has 0 radical (unpaired) electrons. The van der Waals surface area contributed by atoms with Gasteiger partial charge in [0.2, 0.25) is 10.0 Å². The highest BCUT2D eigenvalue weighted by atomic mass is 35.5. The number of carboxylic acid groups (broad SMARTS) is 2. The van der Waals surface area contributed by atoms with Crippen molar-refractivity contribution in [2.24, 2.45) is 0 Å². The van der Waals surface area contributed by atoms with Crippen LogP contribution < -0.4 is 9.47 Å². The van der Waals surface area contributed by atoms with Crippen LogP contribution in [0.25, 0.3) is 22.3 Å². The molecule has 17 heteroatoms. The van der Waals surface area contributed by atoms with Gasteiger partial charge in [0.05, 0.1) is 23.0 Å². The molecule has 1 aliphatic rings. The van der Waals surface area contributed by atoms with Gasteiger partial charge in [0.15, 0.2) is 22.0 Å². The number of morpholine rings is 1. The molecule has 0 aliphatic carbocycles. The normalized spacial score (nSPS) is 14.7. The van der Waals surface area contributed by atoms with Crippen LogP contribution >= 0.6 is 23.2 Å². The molecule has 12 nitrogen and oxygen atoms in total. The Labute approximate surface area is 310 Å². The smallest absolute Gasteiger partial charge is 0.344 e. The SMILES string of the molecule is C[C@H](Oc1ccc(Cl)cc1-c1ccc(S(=O)(=O)N2CCOCC2)cc1)C(=O)O.C[C@H](Oc1ccc(Cl)cc1-c1ccc(S(C)(=O)=O)cc1F)C(=O)O. The van der Waals surface area contributed by atoms with Crippen LogP contribution in [-0.4, -0.2) is 88.1 Å². The van der Waals surface area contributed by atoms with E-state index in [2.05, 4.69) is 0 Å². The van der Waals surface area contributed by atoms with Crippen molar-refractivity contribution >= 4 is 55.0 Å². The molecule has 4 aromatic rings. The van der Waals surface area contributed by atoms with Gasteiger partial charge >= 0.3 is 11.9 Å². The molecule has 0 amide bonds. The summed E-state index contributed by atoms with van der Waals surface area (Å²) in [6.07, 6.45) is -1.21. The molecule has 0 aromatic heterocycles. The Morgan fingerprint density at radius 2 is 1.21 bits per heavy atom. The molecular formula is C35H34Cl2FNO11S2. The summed E-state index contributed by atoms with van der Waals surface area (Å²) in [6, 6.07) is 19.0. The highest BCUT2D eigenvalue weighted by molar-refractivity contribution is 7.90. The van der Waals surface area contributed by atoms with Crippen molar-refractivity contribution in [2.75, 3.05) is 32.6 Å². The van der Waals surface area contributed by atoms with Crippen LogP contribution in [0.15, 0.2) is 88.7 Å². The number of rotatable bonds is 11. The molecule has 2 N–H and O–H groups in total. The van der Waals surface area contributed by atoms with Crippen LogP contribution in [0.5, 0.6) is 11.5 Å². The summed E-state index contributed by atoms with van der Waals surface area (Å²) in [4.78, 5) is 22.1. The first-order chi connectivity index (χ1) is 24.4.